The predicted molar refractivity (Wildman–Crippen MR) is 173 cm³/mol. The number of halogens is 2. The zero-order valence-corrected chi connectivity index (χ0v) is 26.7. The molecule has 1 N–H and O–H groups in total. The highest BCUT2D eigenvalue weighted by atomic mass is 35.5. The van der Waals surface area contributed by atoms with E-state index in [1.165, 1.54) is 18.4 Å². The molecule has 4 aliphatic rings. The molecular formula is C32H29Cl2N7O3S. The molecule has 2 saturated heterocycles. The van der Waals surface area contributed by atoms with E-state index in [0.29, 0.717) is 70.4 Å². The van der Waals surface area contributed by atoms with E-state index in [1.54, 1.807) is 24.4 Å². The van der Waals surface area contributed by atoms with Crippen LogP contribution in [0.5, 0.6) is 0 Å². The van der Waals surface area contributed by atoms with E-state index in [9.17, 15) is 14.9 Å². The summed E-state index contributed by atoms with van der Waals surface area (Å²) in [6.07, 6.45) is 3.46. The number of anilines is 1. The molecule has 0 spiro atoms. The average molecular weight is 663 g/mol. The number of nitrogens with one attached hydrogen (secondary N) is 1. The molecule has 45 heavy (non-hydrogen) atoms. The lowest BCUT2D eigenvalue weighted by Crippen LogP contribution is -2.53. The van der Waals surface area contributed by atoms with Crippen molar-refractivity contribution in [2.75, 3.05) is 44.7 Å². The number of rotatable bonds is 7. The zero-order chi connectivity index (χ0) is 31.3. The highest BCUT2D eigenvalue weighted by Gasteiger charge is 2.46. The Bertz CT molecular complexity index is 1770. The van der Waals surface area contributed by atoms with Crippen LogP contribution in [0.2, 0.25) is 10.0 Å². The Balaban J connectivity index is 1.15. The molecule has 7 rings (SSSR count). The van der Waals surface area contributed by atoms with E-state index in [2.05, 4.69) is 21.3 Å². The molecule has 1 aliphatic carbocycles. The molecule has 10 nitrogen and oxygen atoms in total. The summed E-state index contributed by atoms with van der Waals surface area (Å²) in [5.41, 5.74) is 3.12. The Hall–Kier alpha value is -3.95. The van der Waals surface area contributed by atoms with Crippen molar-refractivity contribution in [1.82, 2.24) is 20.1 Å². The van der Waals surface area contributed by atoms with Crippen molar-refractivity contribution in [2.24, 2.45) is 4.99 Å². The van der Waals surface area contributed by atoms with Gasteiger partial charge in [0.15, 0.2) is 10.8 Å². The number of methoxy groups -OCH3 is 1. The third kappa shape index (κ3) is 5.46. The molecule has 1 aromatic heterocycles. The Labute approximate surface area is 274 Å². The summed E-state index contributed by atoms with van der Waals surface area (Å²) in [4.78, 5) is 42.1. The number of aliphatic imine (C=N–C) groups is 1. The minimum Gasteiger partial charge on any atom is -0.466 e. The maximum absolute atomic E-state index is 13.5. The number of amidine groups is 1. The fraction of sp³-hybridized carbons (Fsp3) is 0.344. The first-order chi connectivity index (χ1) is 21.8. The van der Waals surface area contributed by atoms with Crippen LogP contribution in [0.25, 0.3) is 0 Å². The molecule has 1 saturated carbocycles. The summed E-state index contributed by atoms with van der Waals surface area (Å²) in [5, 5.41) is 16.4. The van der Waals surface area contributed by atoms with Gasteiger partial charge in [-0.05, 0) is 42.7 Å². The normalized spacial score (nSPS) is 22.4. The Morgan fingerprint density at radius 3 is 2.64 bits per heavy atom. The number of nitriles is 1. The minimum atomic E-state index is -0.735. The van der Waals surface area contributed by atoms with Gasteiger partial charge in [0.2, 0.25) is 0 Å². The number of esters is 1. The SMILES string of the molecule is COC(=O)C1=C(CN2CCN3C(=O)N(c4ccc(C5(C#N)CC5)cc4)C[C@@H]3C2)NC(c2nccs2)=NC1c1ccc(Cl)cc1Cl. The summed E-state index contributed by atoms with van der Waals surface area (Å²) in [7, 11) is 1.35. The van der Waals surface area contributed by atoms with Gasteiger partial charge in [-0.2, -0.15) is 5.26 Å². The lowest BCUT2D eigenvalue weighted by molar-refractivity contribution is -0.136. The van der Waals surface area contributed by atoms with Gasteiger partial charge in [0, 0.05) is 71.3 Å². The zero-order valence-electron chi connectivity index (χ0n) is 24.4. The number of hydrogen-bond acceptors (Lipinski definition) is 9. The fourth-order valence-electron chi connectivity index (χ4n) is 6.37. The van der Waals surface area contributed by atoms with Gasteiger partial charge in [0.25, 0.3) is 0 Å². The maximum Gasteiger partial charge on any atom is 0.338 e. The van der Waals surface area contributed by atoms with Crippen molar-refractivity contribution in [3.8, 4) is 6.07 Å². The van der Waals surface area contributed by atoms with E-state index in [0.717, 1.165) is 24.1 Å². The molecule has 0 bridgehead atoms. The number of carbonyl (C=O) groups excluding carboxylic acids is 2. The van der Waals surface area contributed by atoms with Gasteiger partial charge in [-0.3, -0.25) is 14.8 Å². The van der Waals surface area contributed by atoms with Gasteiger partial charge in [-0.15, -0.1) is 11.3 Å². The third-order valence-electron chi connectivity index (χ3n) is 8.94. The van der Waals surface area contributed by atoms with Gasteiger partial charge in [-0.1, -0.05) is 41.4 Å². The van der Waals surface area contributed by atoms with Crippen LogP contribution >= 0.6 is 34.5 Å². The van der Waals surface area contributed by atoms with Gasteiger partial charge >= 0.3 is 12.0 Å². The third-order valence-corrected chi connectivity index (χ3v) is 10.3. The van der Waals surface area contributed by atoms with Gasteiger partial charge < -0.3 is 15.0 Å². The predicted octanol–water partition coefficient (Wildman–Crippen LogP) is 5.15. The monoisotopic (exact) mass is 661 g/mol. The van der Waals surface area contributed by atoms with Crippen LogP contribution in [0.1, 0.15) is 35.0 Å². The Morgan fingerprint density at radius 1 is 1.18 bits per heavy atom. The van der Waals surface area contributed by atoms with Crippen LogP contribution in [0.4, 0.5) is 10.5 Å². The minimum absolute atomic E-state index is 0.0188. The molecule has 1 unspecified atom stereocenters. The second-order valence-electron chi connectivity index (χ2n) is 11.6. The summed E-state index contributed by atoms with van der Waals surface area (Å²) in [6, 6.07) is 14.6. The summed E-state index contributed by atoms with van der Waals surface area (Å²) >= 11 is 14.3. The van der Waals surface area contributed by atoms with Crippen LogP contribution in [0.15, 0.2) is 70.3 Å². The molecule has 3 fully saturated rings. The lowest BCUT2D eigenvalue weighted by atomic mass is 9.95. The average Bonchev–Trinajstić information content (AvgIpc) is 3.51. The second kappa shape index (κ2) is 11.8. The van der Waals surface area contributed by atoms with Crippen molar-refractivity contribution >= 4 is 58.1 Å². The number of piperazine rings is 1. The van der Waals surface area contributed by atoms with Crippen molar-refractivity contribution in [3.05, 3.63) is 91.5 Å². The second-order valence-corrected chi connectivity index (χ2v) is 13.3. The van der Waals surface area contributed by atoms with Crippen LogP contribution < -0.4 is 10.2 Å². The molecule has 3 aliphatic heterocycles. The molecule has 2 aromatic carbocycles. The maximum atomic E-state index is 13.5. The molecule has 13 heteroatoms. The number of hydrogen-bond donors (Lipinski definition) is 1. The molecule has 2 atom stereocenters. The largest absolute Gasteiger partial charge is 0.466 e. The number of benzene rings is 2. The van der Waals surface area contributed by atoms with Gasteiger partial charge in [0.1, 0.15) is 6.04 Å². The van der Waals surface area contributed by atoms with Crippen molar-refractivity contribution in [1.29, 1.82) is 5.26 Å². The van der Waals surface area contributed by atoms with Crippen LogP contribution in [0.3, 0.4) is 0 Å². The molecule has 3 aromatic rings. The summed E-state index contributed by atoms with van der Waals surface area (Å²) in [5.74, 6) is 0.0291. The highest BCUT2D eigenvalue weighted by Crippen LogP contribution is 2.48. The summed E-state index contributed by atoms with van der Waals surface area (Å²) in [6.45, 7) is 2.74. The van der Waals surface area contributed by atoms with E-state index in [1.807, 2.05) is 39.4 Å². The Morgan fingerprint density at radius 2 is 1.98 bits per heavy atom. The van der Waals surface area contributed by atoms with Crippen molar-refractivity contribution in [3.63, 3.8) is 0 Å². The van der Waals surface area contributed by atoms with Crippen molar-refractivity contribution < 1.29 is 14.3 Å². The molecule has 2 amide bonds. The van der Waals surface area contributed by atoms with Crippen LogP contribution in [-0.4, -0.2) is 78.5 Å². The number of aromatic nitrogens is 1. The molecule has 230 valence electrons. The smallest absolute Gasteiger partial charge is 0.338 e. The number of urea groups is 1. The number of amides is 2. The standard InChI is InChI=1S/C32H29Cl2N7O3S/c1-44-30(42)26-25(37-28(29-36-10-13-45-29)38-27(26)23-7-4-20(33)14-24(23)34)17-39-11-12-40-22(15-39)16-41(31(40)43)21-5-2-19(3-6-21)32(18-35)8-9-32/h2-7,10,13-14,22,27H,8-9,11-12,15-17H2,1H3,(H,37,38)/t22-,27?/m0/s1. The van der Waals surface area contributed by atoms with E-state index >= 15 is 0 Å². The Kier molecular flexibility index (Phi) is 7.78. The number of thiazole rings is 1. The summed E-state index contributed by atoms with van der Waals surface area (Å²) < 4.78 is 5.25. The van der Waals surface area contributed by atoms with Crippen molar-refractivity contribution in [2.45, 2.75) is 30.3 Å². The quantitative estimate of drug-likeness (QED) is 0.348. The lowest BCUT2D eigenvalue weighted by Gasteiger charge is -2.38. The van der Waals surface area contributed by atoms with Crippen LogP contribution in [-0.2, 0) is 14.9 Å². The first kappa shape index (κ1) is 29.7. The first-order valence-corrected chi connectivity index (χ1v) is 16.3. The molecule has 0 radical (unpaired) electrons. The van der Waals surface area contributed by atoms with Crippen LogP contribution in [0, 0.1) is 11.3 Å². The van der Waals surface area contributed by atoms with Gasteiger partial charge in [-0.25, -0.2) is 14.6 Å². The number of carbonyl (C=O) groups is 2. The first-order valence-electron chi connectivity index (χ1n) is 14.6. The molecular weight excluding hydrogens is 633 g/mol. The number of ether oxygens (including phenoxy) is 1. The van der Waals surface area contributed by atoms with Gasteiger partial charge in [0.05, 0.1) is 30.2 Å². The number of nitrogens with zero attached hydrogens (tertiary/aromatic N) is 6. The fourth-order valence-corrected chi connectivity index (χ4v) is 7.47. The highest BCUT2D eigenvalue weighted by molar-refractivity contribution is 7.11. The topological polar surface area (TPSA) is 114 Å². The number of fused-ring (bicyclic) bond motifs is 1. The van der Waals surface area contributed by atoms with E-state index < -0.39 is 12.0 Å². The van der Waals surface area contributed by atoms with E-state index in [4.69, 9.17) is 32.9 Å². The van der Waals surface area contributed by atoms with E-state index in [-0.39, 0.29) is 17.5 Å². The molecule has 4 heterocycles.